The zero-order chi connectivity index (χ0) is 17.6. The molecule has 1 heterocycles. The number of nitrogens with one attached hydrogen (secondary N) is 2. The minimum Gasteiger partial charge on any atom is -0.386 e. The Morgan fingerprint density at radius 3 is 2.62 bits per heavy atom. The molecule has 0 atom stereocenters. The van der Waals surface area contributed by atoms with E-state index in [1.807, 2.05) is 38.1 Å². The number of carbonyl (C=O) groups is 1. The summed E-state index contributed by atoms with van der Waals surface area (Å²) in [7, 11) is 0. The molecule has 0 aliphatic carbocycles. The highest BCUT2D eigenvalue weighted by molar-refractivity contribution is 9.10. The Kier molecular flexibility index (Phi) is 4.18. The van der Waals surface area contributed by atoms with Crippen LogP contribution in [0, 0.1) is 6.92 Å². The van der Waals surface area contributed by atoms with Gasteiger partial charge in [0.25, 0.3) is 5.91 Å². The fourth-order valence-electron chi connectivity index (χ4n) is 3.10. The van der Waals surface area contributed by atoms with Crippen molar-refractivity contribution in [2.45, 2.75) is 33.3 Å². The summed E-state index contributed by atoms with van der Waals surface area (Å²) in [5.74, 6) is -0.0954. The Bertz CT molecular complexity index is 952. The number of aryl methyl sites for hydroxylation is 1. The van der Waals surface area contributed by atoms with Gasteiger partial charge in [-0.2, -0.15) is 0 Å². The number of aromatic amines is 1. The van der Waals surface area contributed by atoms with Crippen LogP contribution in [0.2, 0.25) is 0 Å². The summed E-state index contributed by atoms with van der Waals surface area (Å²) < 4.78 is 0.941. The van der Waals surface area contributed by atoms with Gasteiger partial charge in [0, 0.05) is 27.3 Å². The molecule has 0 saturated heterocycles. The molecule has 2 aromatic carbocycles. The smallest absolute Gasteiger partial charge is 0.253 e. The highest BCUT2D eigenvalue weighted by Crippen LogP contribution is 2.37. The lowest BCUT2D eigenvalue weighted by atomic mass is 9.94. The van der Waals surface area contributed by atoms with E-state index in [1.165, 1.54) is 0 Å². The second-order valence-electron chi connectivity index (χ2n) is 6.60. The Balaban J connectivity index is 2.38. The Morgan fingerprint density at radius 1 is 1.29 bits per heavy atom. The standard InChI is InChI=1S/C19H21BrN2O2/c1-5-21-18(23)12-6-7-13(20)16-15-10(2)8-11(19(3,4)24)9-14(15)22-17(12)16/h6-9,22,24H,5H2,1-4H3,(H,21,23). The lowest BCUT2D eigenvalue weighted by Crippen LogP contribution is -2.22. The molecule has 5 heteroatoms. The van der Waals surface area contributed by atoms with Crippen LogP contribution in [0.4, 0.5) is 0 Å². The summed E-state index contributed by atoms with van der Waals surface area (Å²) in [6, 6.07) is 7.68. The minimum atomic E-state index is -0.921. The van der Waals surface area contributed by atoms with Gasteiger partial charge in [-0.3, -0.25) is 4.79 Å². The van der Waals surface area contributed by atoms with Crippen LogP contribution in [0.15, 0.2) is 28.7 Å². The topological polar surface area (TPSA) is 65.1 Å². The highest BCUT2D eigenvalue weighted by Gasteiger charge is 2.21. The van der Waals surface area contributed by atoms with E-state index in [0.717, 1.165) is 37.4 Å². The zero-order valence-electron chi connectivity index (χ0n) is 14.2. The molecule has 0 radical (unpaired) electrons. The number of aliphatic hydroxyl groups is 1. The number of carbonyl (C=O) groups excluding carboxylic acids is 1. The molecule has 0 saturated carbocycles. The van der Waals surface area contributed by atoms with Crippen LogP contribution in [0.1, 0.15) is 42.3 Å². The predicted octanol–water partition coefficient (Wildman–Crippen LogP) is 4.37. The van der Waals surface area contributed by atoms with Crippen LogP contribution < -0.4 is 5.32 Å². The molecule has 3 N–H and O–H groups in total. The Hall–Kier alpha value is -1.85. The second-order valence-corrected chi connectivity index (χ2v) is 7.46. The lowest BCUT2D eigenvalue weighted by Gasteiger charge is -2.18. The van der Waals surface area contributed by atoms with E-state index in [9.17, 15) is 9.90 Å². The van der Waals surface area contributed by atoms with E-state index in [4.69, 9.17) is 0 Å². The third-order valence-corrected chi connectivity index (χ3v) is 4.95. The number of benzene rings is 2. The summed E-state index contributed by atoms with van der Waals surface area (Å²) in [5, 5.41) is 15.2. The van der Waals surface area contributed by atoms with Gasteiger partial charge < -0.3 is 15.4 Å². The van der Waals surface area contributed by atoms with Crippen molar-refractivity contribution in [3.05, 3.63) is 45.4 Å². The second kappa shape index (κ2) is 5.90. The van der Waals surface area contributed by atoms with E-state index in [2.05, 4.69) is 26.2 Å². The summed E-state index contributed by atoms with van der Waals surface area (Å²) in [5.41, 5.74) is 3.33. The van der Waals surface area contributed by atoms with Crippen LogP contribution in [0.3, 0.4) is 0 Å². The predicted molar refractivity (Wildman–Crippen MR) is 101 cm³/mol. The van der Waals surface area contributed by atoms with Gasteiger partial charge in [-0.05, 0) is 57.0 Å². The molecule has 0 bridgehead atoms. The maximum atomic E-state index is 12.4. The summed E-state index contributed by atoms with van der Waals surface area (Å²) in [4.78, 5) is 15.7. The van der Waals surface area contributed by atoms with Gasteiger partial charge in [0.1, 0.15) is 0 Å². The fourth-order valence-corrected chi connectivity index (χ4v) is 3.63. The molecule has 0 unspecified atom stereocenters. The first-order chi connectivity index (χ1) is 11.2. The Morgan fingerprint density at radius 2 is 2.00 bits per heavy atom. The average Bonchev–Trinajstić information content (AvgIpc) is 2.87. The normalized spacial score (nSPS) is 12.1. The Labute approximate surface area is 149 Å². The maximum Gasteiger partial charge on any atom is 0.253 e. The highest BCUT2D eigenvalue weighted by atomic mass is 79.9. The summed E-state index contributed by atoms with van der Waals surface area (Å²) in [6.07, 6.45) is 0. The van der Waals surface area contributed by atoms with E-state index in [0.29, 0.717) is 12.1 Å². The fraction of sp³-hybridized carbons (Fsp3) is 0.316. The zero-order valence-corrected chi connectivity index (χ0v) is 15.8. The van der Waals surface area contributed by atoms with E-state index < -0.39 is 5.60 Å². The van der Waals surface area contributed by atoms with Gasteiger partial charge in [0.05, 0.1) is 16.7 Å². The molecule has 3 rings (SSSR count). The summed E-state index contributed by atoms with van der Waals surface area (Å²) >= 11 is 3.61. The van der Waals surface area contributed by atoms with E-state index in [-0.39, 0.29) is 5.91 Å². The molecular formula is C19H21BrN2O2. The molecule has 0 aliphatic rings. The number of rotatable bonds is 3. The third kappa shape index (κ3) is 2.72. The van der Waals surface area contributed by atoms with Gasteiger partial charge in [-0.25, -0.2) is 0 Å². The molecule has 3 aromatic rings. The van der Waals surface area contributed by atoms with Gasteiger partial charge >= 0.3 is 0 Å². The number of amides is 1. The number of H-pyrrole nitrogens is 1. The number of fused-ring (bicyclic) bond motifs is 3. The number of hydrogen-bond acceptors (Lipinski definition) is 2. The van der Waals surface area contributed by atoms with Gasteiger partial charge in [-0.15, -0.1) is 0 Å². The van der Waals surface area contributed by atoms with E-state index >= 15 is 0 Å². The van der Waals surface area contributed by atoms with Crippen LogP contribution >= 0.6 is 15.9 Å². The van der Waals surface area contributed by atoms with Crippen molar-refractivity contribution in [1.82, 2.24) is 10.3 Å². The monoisotopic (exact) mass is 388 g/mol. The van der Waals surface area contributed by atoms with Crippen molar-refractivity contribution in [2.75, 3.05) is 6.54 Å². The first-order valence-electron chi connectivity index (χ1n) is 7.99. The van der Waals surface area contributed by atoms with Crippen molar-refractivity contribution in [2.24, 2.45) is 0 Å². The summed E-state index contributed by atoms with van der Waals surface area (Å²) in [6.45, 7) is 8.05. The molecule has 1 amide bonds. The molecule has 1 aromatic heterocycles. The minimum absolute atomic E-state index is 0.0954. The maximum absolute atomic E-state index is 12.4. The van der Waals surface area contributed by atoms with Gasteiger partial charge in [0.15, 0.2) is 0 Å². The van der Waals surface area contributed by atoms with Crippen molar-refractivity contribution in [1.29, 1.82) is 0 Å². The van der Waals surface area contributed by atoms with Gasteiger partial charge in [0.2, 0.25) is 0 Å². The van der Waals surface area contributed by atoms with Crippen LogP contribution in [-0.2, 0) is 5.60 Å². The average molecular weight is 389 g/mol. The first kappa shape index (κ1) is 17.0. The van der Waals surface area contributed by atoms with Crippen molar-refractivity contribution in [3.63, 3.8) is 0 Å². The molecule has 0 aliphatic heterocycles. The molecule has 4 nitrogen and oxygen atoms in total. The van der Waals surface area contributed by atoms with Crippen molar-refractivity contribution in [3.8, 4) is 0 Å². The lowest BCUT2D eigenvalue weighted by molar-refractivity contribution is 0.0786. The van der Waals surface area contributed by atoms with Gasteiger partial charge in [-0.1, -0.05) is 22.0 Å². The molecule has 24 heavy (non-hydrogen) atoms. The van der Waals surface area contributed by atoms with Crippen LogP contribution in [0.25, 0.3) is 21.8 Å². The largest absolute Gasteiger partial charge is 0.386 e. The van der Waals surface area contributed by atoms with Crippen LogP contribution in [-0.4, -0.2) is 22.5 Å². The molecule has 0 fully saturated rings. The number of hydrogen-bond donors (Lipinski definition) is 3. The SMILES string of the molecule is CCNC(=O)c1ccc(Br)c2c1[nH]c1cc(C(C)(C)O)cc(C)c12. The molecule has 0 spiro atoms. The molecule has 126 valence electrons. The number of aromatic nitrogens is 1. The van der Waals surface area contributed by atoms with Crippen molar-refractivity contribution >= 4 is 43.6 Å². The quantitative estimate of drug-likeness (QED) is 0.623. The first-order valence-corrected chi connectivity index (χ1v) is 8.79. The van der Waals surface area contributed by atoms with Crippen LogP contribution in [0.5, 0.6) is 0 Å². The van der Waals surface area contributed by atoms with Crippen molar-refractivity contribution < 1.29 is 9.90 Å². The third-order valence-electron chi connectivity index (χ3n) is 4.29. The number of halogens is 1. The molecular weight excluding hydrogens is 368 g/mol. The van der Waals surface area contributed by atoms with E-state index in [1.54, 1.807) is 13.8 Å².